The molecule has 1 fully saturated rings. The van der Waals surface area contributed by atoms with Gasteiger partial charge in [0.25, 0.3) is 0 Å². The quantitative estimate of drug-likeness (QED) is 0.750. The number of esters is 1. The number of hydrogen-bond donors (Lipinski definition) is 2. The van der Waals surface area contributed by atoms with Crippen molar-refractivity contribution < 1.29 is 19.1 Å². The predicted octanol–water partition coefficient (Wildman–Crippen LogP) is 0.544. The first-order valence-electron chi connectivity index (χ1n) is 9.04. The Morgan fingerprint density at radius 3 is 2.96 bits per heavy atom. The van der Waals surface area contributed by atoms with Crippen LogP contribution in [0.1, 0.15) is 36.4 Å². The van der Waals surface area contributed by atoms with Crippen molar-refractivity contribution in [2.45, 2.75) is 37.8 Å². The van der Waals surface area contributed by atoms with Crippen LogP contribution in [-0.2, 0) is 25.5 Å². The van der Waals surface area contributed by atoms with Gasteiger partial charge in [0.1, 0.15) is 6.04 Å². The maximum atomic E-state index is 12.6. The zero-order valence-corrected chi connectivity index (χ0v) is 15.0. The van der Waals surface area contributed by atoms with Crippen LogP contribution in [0.4, 0.5) is 0 Å². The molecule has 0 spiro atoms. The van der Waals surface area contributed by atoms with Crippen LogP contribution < -0.4 is 10.6 Å². The number of ether oxygens (including phenoxy) is 1. The highest BCUT2D eigenvalue weighted by atomic mass is 16.5. The van der Waals surface area contributed by atoms with Gasteiger partial charge in [-0.1, -0.05) is 24.3 Å². The number of benzene rings is 1. The SMILES string of the molecule is COC(=O)C[C@H]1C(=O)NCCN1CC(=O)N[C@@H]1CCCc2ccccc21. The van der Waals surface area contributed by atoms with Crippen molar-refractivity contribution in [2.75, 3.05) is 26.7 Å². The number of piperazine rings is 1. The van der Waals surface area contributed by atoms with Gasteiger partial charge in [-0.2, -0.15) is 0 Å². The summed E-state index contributed by atoms with van der Waals surface area (Å²) in [5.74, 6) is -0.826. The Kier molecular flexibility index (Phi) is 5.88. The van der Waals surface area contributed by atoms with Crippen molar-refractivity contribution in [2.24, 2.45) is 0 Å². The molecule has 3 rings (SSSR count). The van der Waals surface area contributed by atoms with Gasteiger partial charge in [0.05, 0.1) is 26.1 Å². The van der Waals surface area contributed by atoms with Gasteiger partial charge in [-0.15, -0.1) is 0 Å². The van der Waals surface area contributed by atoms with E-state index in [0.29, 0.717) is 13.1 Å². The van der Waals surface area contributed by atoms with E-state index in [9.17, 15) is 14.4 Å². The van der Waals surface area contributed by atoms with Gasteiger partial charge in [0, 0.05) is 13.1 Å². The van der Waals surface area contributed by atoms with Crippen molar-refractivity contribution in [3.05, 3.63) is 35.4 Å². The molecule has 7 nitrogen and oxygen atoms in total. The predicted molar refractivity (Wildman–Crippen MR) is 95.3 cm³/mol. The molecule has 2 N–H and O–H groups in total. The van der Waals surface area contributed by atoms with Gasteiger partial charge in [-0.05, 0) is 30.4 Å². The van der Waals surface area contributed by atoms with Crippen molar-refractivity contribution in [1.29, 1.82) is 0 Å². The highest BCUT2D eigenvalue weighted by Gasteiger charge is 2.33. The van der Waals surface area contributed by atoms with Gasteiger partial charge < -0.3 is 15.4 Å². The fourth-order valence-corrected chi connectivity index (χ4v) is 3.74. The Balaban J connectivity index is 1.63. The van der Waals surface area contributed by atoms with E-state index in [1.54, 1.807) is 4.90 Å². The molecule has 140 valence electrons. The van der Waals surface area contributed by atoms with Crippen LogP contribution in [0.2, 0.25) is 0 Å². The van der Waals surface area contributed by atoms with Gasteiger partial charge in [0.2, 0.25) is 11.8 Å². The molecule has 0 saturated carbocycles. The first-order valence-corrected chi connectivity index (χ1v) is 9.04. The maximum absolute atomic E-state index is 12.6. The van der Waals surface area contributed by atoms with Crippen LogP contribution in [0.25, 0.3) is 0 Å². The highest BCUT2D eigenvalue weighted by Crippen LogP contribution is 2.29. The lowest BCUT2D eigenvalue weighted by atomic mass is 9.88. The molecular formula is C19H25N3O4. The monoisotopic (exact) mass is 359 g/mol. The molecule has 0 aromatic heterocycles. The first-order chi connectivity index (χ1) is 12.6. The van der Waals surface area contributed by atoms with E-state index < -0.39 is 12.0 Å². The van der Waals surface area contributed by atoms with Crippen molar-refractivity contribution >= 4 is 17.8 Å². The number of rotatable bonds is 5. The van der Waals surface area contributed by atoms with Gasteiger partial charge in [0.15, 0.2) is 0 Å². The molecule has 1 heterocycles. The fourth-order valence-electron chi connectivity index (χ4n) is 3.74. The minimum absolute atomic E-state index is 0.00474. The van der Waals surface area contributed by atoms with Gasteiger partial charge in [-0.25, -0.2) is 0 Å². The average Bonchev–Trinajstić information content (AvgIpc) is 2.64. The Hall–Kier alpha value is -2.41. The van der Waals surface area contributed by atoms with E-state index in [4.69, 9.17) is 0 Å². The molecule has 2 aliphatic rings. The van der Waals surface area contributed by atoms with Crippen LogP contribution in [0, 0.1) is 0 Å². The normalized spacial score (nSPS) is 22.9. The number of fused-ring (bicyclic) bond motifs is 1. The van der Waals surface area contributed by atoms with E-state index in [-0.39, 0.29) is 30.8 Å². The zero-order chi connectivity index (χ0) is 18.5. The molecule has 1 saturated heterocycles. The standard InChI is InChI=1S/C19H25N3O4/c1-26-18(24)11-16-19(25)20-9-10-22(16)12-17(23)21-15-8-4-6-13-5-2-3-7-14(13)15/h2-3,5,7,15-16H,4,6,8-12H2,1H3,(H,20,25)(H,21,23)/t15-,16+/m1/s1. The molecule has 1 aliphatic heterocycles. The number of amides is 2. The van der Waals surface area contributed by atoms with Crippen LogP contribution in [0.15, 0.2) is 24.3 Å². The molecule has 0 radical (unpaired) electrons. The Morgan fingerprint density at radius 2 is 2.15 bits per heavy atom. The molecule has 1 aromatic carbocycles. The molecule has 1 aliphatic carbocycles. The Bertz CT molecular complexity index is 691. The molecular weight excluding hydrogens is 334 g/mol. The fraction of sp³-hybridized carbons (Fsp3) is 0.526. The van der Waals surface area contributed by atoms with E-state index >= 15 is 0 Å². The van der Waals surface area contributed by atoms with E-state index in [0.717, 1.165) is 19.3 Å². The van der Waals surface area contributed by atoms with Gasteiger partial charge in [-0.3, -0.25) is 19.3 Å². The summed E-state index contributed by atoms with van der Waals surface area (Å²) in [6, 6.07) is 7.52. The summed E-state index contributed by atoms with van der Waals surface area (Å²) in [5, 5.41) is 5.84. The summed E-state index contributed by atoms with van der Waals surface area (Å²) in [4.78, 5) is 38.0. The van der Waals surface area contributed by atoms with Crippen molar-refractivity contribution in [3.8, 4) is 0 Å². The highest BCUT2D eigenvalue weighted by molar-refractivity contribution is 5.88. The second-order valence-electron chi connectivity index (χ2n) is 6.77. The van der Waals surface area contributed by atoms with Gasteiger partial charge >= 0.3 is 5.97 Å². The summed E-state index contributed by atoms with van der Waals surface area (Å²) < 4.78 is 4.67. The van der Waals surface area contributed by atoms with Crippen LogP contribution in [0.3, 0.4) is 0 Å². The van der Waals surface area contributed by atoms with Crippen LogP contribution >= 0.6 is 0 Å². The lowest BCUT2D eigenvalue weighted by molar-refractivity contribution is -0.146. The van der Waals surface area contributed by atoms with Crippen molar-refractivity contribution in [3.63, 3.8) is 0 Å². The molecule has 2 amide bonds. The largest absolute Gasteiger partial charge is 0.469 e. The topological polar surface area (TPSA) is 87.7 Å². The summed E-state index contributed by atoms with van der Waals surface area (Å²) in [7, 11) is 1.29. The minimum Gasteiger partial charge on any atom is -0.469 e. The summed E-state index contributed by atoms with van der Waals surface area (Å²) >= 11 is 0. The Morgan fingerprint density at radius 1 is 1.35 bits per heavy atom. The minimum atomic E-state index is -0.666. The third kappa shape index (κ3) is 4.22. The second kappa shape index (κ2) is 8.31. The maximum Gasteiger partial charge on any atom is 0.307 e. The summed E-state index contributed by atoms with van der Waals surface area (Å²) in [5.41, 5.74) is 2.46. The number of nitrogens with zero attached hydrogens (tertiary/aromatic N) is 1. The third-order valence-corrected chi connectivity index (χ3v) is 5.08. The van der Waals surface area contributed by atoms with E-state index in [2.05, 4.69) is 27.5 Å². The second-order valence-corrected chi connectivity index (χ2v) is 6.77. The molecule has 2 atom stereocenters. The number of hydrogen-bond acceptors (Lipinski definition) is 5. The average molecular weight is 359 g/mol. The number of methoxy groups -OCH3 is 1. The number of nitrogens with one attached hydrogen (secondary N) is 2. The van der Waals surface area contributed by atoms with E-state index in [1.807, 2.05) is 12.1 Å². The summed E-state index contributed by atoms with van der Waals surface area (Å²) in [6.45, 7) is 1.09. The van der Waals surface area contributed by atoms with E-state index in [1.165, 1.54) is 18.2 Å². The summed E-state index contributed by atoms with van der Waals surface area (Å²) in [6.07, 6.45) is 2.94. The number of aryl methyl sites for hydroxylation is 1. The zero-order valence-electron chi connectivity index (χ0n) is 15.0. The molecule has 1 aromatic rings. The smallest absolute Gasteiger partial charge is 0.307 e. The lowest BCUT2D eigenvalue weighted by Crippen LogP contribution is -2.58. The molecule has 7 heteroatoms. The van der Waals surface area contributed by atoms with Crippen molar-refractivity contribution in [1.82, 2.24) is 15.5 Å². The third-order valence-electron chi connectivity index (χ3n) is 5.08. The Labute approximate surface area is 153 Å². The molecule has 0 unspecified atom stereocenters. The molecule has 0 bridgehead atoms. The van der Waals surface area contributed by atoms with Crippen LogP contribution in [0.5, 0.6) is 0 Å². The van der Waals surface area contributed by atoms with Crippen LogP contribution in [-0.4, -0.2) is 55.5 Å². The first kappa shape index (κ1) is 18.4. The lowest BCUT2D eigenvalue weighted by Gasteiger charge is -2.34. The number of carbonyl (C=O) groups is 3. The molecule has 26 heavy (non-hydrogen) atoms. The number of carbonyl (C=O) groups excluding carboxylic acids is 3.